The van der Waals surface area contributed by atoms with Gasteiger partial charge < -0.3 is 0 Å². The summed E-state index contributed by atoms with van der Waals surface area (Å²) in [6, 6.07) is 12.3. The molecule has 14 heteroatoms. The fraction of sp³-hybridized carbons (Fsp3) is 0.400. The standard InChI is InChI=1S/C20H12F13I/c21-15(22,16(23,24)17(25,26)18(27,28)19(29,30)20(31,32)33)11-14(34,12-7-3-1-4-8-12)13-9-5-2-6-10-13/h1-10H,11H2. The maximum Gasteiger partial charge on any atom is 0.460 e. The first-order valence-corrected chi connectivity index (χ1v) is 10.0. The third-order valence-electron chi connectivity index (χ3n) is 4.93. The second-order valence-corrected chi connectivity index (χ2v) is 9.05. The molecule has 0 saturated heterocycles. The molecule has 0 nitrogen and oxygen atoms in total. The number of alkyl halides is 14. The van der Waals surface area contributed by atoms with E-state index in [1.807, 2.05) is 0 Å². The van der Waals surface area contributed by atoms with Gasteiger partial charge in [-0.2, -0.15) is 57.1 Å². The highest BCUT2D eigenvalue weighted by Crippen LogP contribution is 2.62. The highest BCUT2D eigenvalue weighted by Gasteiger charge is 2.90. The zero-order chi connectivity index (χ0) is 26.4. The quantitative estimate of drug-likeness (QED) is 0.157. The first kappa shape index (κ1) is 28.5. The Morgan fingerprint density at radius 3 is 1.12 bits per heavy atom. The number of halogens is 14. The van der Waals surface area contributed by atoms with E-state index in [4.69, 9.17) is 0 Å². The van der Waals surface area contributed by atoms with Crippen LogP contribution in [0.15, 0.2) is 60.7 Å². The Bertz CT molecular complexity index is 929. The van der Waals surface area contributed by atoms with Crippen LogP contribution in [0.5, 0.6) is 0 Å². The molecule has 0 radical (unpaired) electrons. The van der Waals surface area contributed by atoms with Gasteiger partial charge in [-0.3, -0.25) is 0 Å². The molecule has 0 amide bonds. The van der Waals surface area contributed by atoms with E-state index in [9.17, 15) is 57.1 Å². The van der Waals surface area contributed by atoms with Crippen LogP contribution < -0.4 is 0 Å². The normalized spacial score (nSPS) is 14.9. The van der Waals surface area contributed by atoms with Gasteiger partial charge in [-0.25, -0.2) is 0 Å². The van der Waals surface area contributed by atoms with Crippen molar-refractivity contribution in [1.82, 2.24) is 0 Å². The predicted octanol–water partition coefficient (Wildman–Crippen LogP) is 8.49. The lowest BCUT2D eigenvalue weighted by atomic mass is 9.82. The van der Waals surface area contributed by atoms with Gasteiger partial charge in [0, 0.05) is 6.42 Å². The van der Waals surface area contributed by atoms with Crippen molar-refractivity contribution in [2.24, 2.45) is 0 Å². The first-order chi connectivity index (χ1) is 15.2. The van der Waals surface area contributed by atoms with Crippen LogP contribution in [0.1, 0.15) is 17.5 Å². The van der Waals surface area contributed by atoms with Gasteiger partial charge in [0.05, 0.1) is 3.42 Å². The van der Waals surface area contributed by atoms with Crippen molar-refractivity contribution < 1.29 is 57.1 Å². The maximum atomic E-state index is 14.7. The molecule has 34 heavy (non-hydrogen) atoms. The number of benzene rings is 2. The molecular weight excluding hydrogens is 614 g/mol. The van der Waals surface area contributed by atoms with Gasteiger partial charge in [0.2, 0.25) is 0 Å². The van der Waals surface area contributed by atoms with Crippen molar-refractivity contribution in [3.05, 3.63) is 71.8 Å². The highest BCUT2D eigenvalue weighted by atomic mass is 127. The highest BCUT2D eigenvalue weighted by molar-refractivity contribution is 14.1. The van der Waals surface area contributed by atoms with E-state index in [1.165, 1.54) is 59.0 Å². The van der Waals surface area contributed by atoms with Gasteiger partial charge in [0.1, 0.15) is 0 Å². The summed E-state index contributed by atoms with van der Waals surface area (Å²) in [6.45, 7) is 0. The minimum atomic E-state index is -7.92. The Morgan fingerprint density at radius 1 is 0.471 bits per heavy atom. The van der Waals surface area contributed by atoms with Crippen LogP contribution in [0.25, 0.3) is 0 Å². The Morgan fingerprint density at radius 2 is 0.794 bits per heavy atom. The minimum absolute atomic E-state index is 0.187. The Labute approximate surface area is 197 Å². The molecule has 0 spiro atoms. The van der Waals surface area contributed by atoms with Gasteiger partial charge in [0.15, 0.2) is 0 Å². The van der Waals surface area contributed by atoms with Crippen LogP contribution in [0.4, 0.5) is 57.1 Å². The fourth-order valence-electron chi connectivity index (χ4n) is 2.99. The second-order valence-electron chi connectivity index (χ2n) is 7.21. The van der Waals surface area contributed by atoms with Gasteiger partial charge in [-0.1, -0.05) is 83.3 Å². The summed E-state index contributed by atoms with van der Waals surface area (Å²) in [5.41, 5.74) is -0.374. The third kappa shape index (κ3) is 4.34. The van der Waals surface area contributed by atoms with Crippen molar-refractivity contribution in [3.63, 3.8) is 0 Å². The Hall–Kier alpha value is -1.74. The van der Waals surface area contributed by atoms with Crippen LogP contribution in [0.3, 0.4) is 0 Å². The van der Waals surface area contributed by atoms with Crippen molar-refractivity contribution >= 4 is 22.6 Å². The molecule has 190 valence electrons. The number of rotatable bonds is 8. The van der Waals surface area contributed by atoms with E-state index < -0.39 is 45.6 Å². The topological polar surface area (TPSA) is 0 Å². The zero-order valence-corrected chi connectivity index (χ0v) is 18.4. The van der Waals surface area contributed by atoms with Gasteiger partial charge >= 0.3 is 35.8 Å². The monoisotopic (exact) mass is 626 g/mol. The second kappa shape index (κ2) is 8.73. The molecular formula is C20H12F13I. The van der Waals surface area contributed by atoms with Crippen molar-refractivity contribution in [1.29, 1.82) is 0 Å². The Kier molecular flexibility index (Phi) is 7.32. The fourth-order valence-corrected chi connectivity index (χ4v) is 4.19. The van der Waals surface area contributed by atoms with Crippen molar-refractivity contribution in [2.45, 2.75) is 45.6 Å². The summed E-state index contributed by atoms with van der Waals surface area (Å²) in [5.74, 6) is -37.0. The molecule has 0 saturated carbocycles. The lowest BCUT2D eigenvalue weighted by Crippen LogP contribution is -2.70. The average Bonchev–Trinajstić information content (AvgIpc) is 2.73. The van der Waals surface area contributed by atoms with Crippen LogP contribution in [-0.2, 0) is 3.42 Å². The molecule has 0 unspecified atom stereocenters. The molecule has 0 aliphatic heterocycles. The summed E-state index contributed by atoms with van der Waals surface area (Å²) in [6.07, 6.45) is -9.79. The minimum Gasteiger partial charge on any atom is -0.200 e. The van der Waals surface area contributed by atoms with Crippen molar-refractivity contribution in [3.8, 4) is 0 Å². The van der Waals surface area contributed by atoms with Crippen molar-refractivity contribution in [2.75, 3.05) is 0 Å². The SMILES string of the molecule is FC(F)(F)C(F)(F)C(F)(F)C(F)(F)C(F)(F)C(F)(F)CC(I)(c1ccccc1)c1ccccc1. The predicted molar refractivity (Wildman–Crippen MR) is 103 cm³/mol. The largest absolute Gasteiger partial charge is 0.460 e. The molecule has 0 N–H and O–H groups in total. The summed E-state index contributed by atoms with van der Waals surface area (Å²) in [4.78, 5) is 0. The molecule has 2 rings (SSSR count). The van der Waals surface area contributed by atoms with E-state index >= 15 is 0 Å². The molecule has 0 heterocycles. The van der Waals surface area contributed by atoms with E-state index in [2.05, 4.69) is 0 Å². The molecule has 0 aliphatic carbocycles. The number of hydrogen-bond donors (Lipinski definition) is 0. The van der Waals surface area contributed by atoms with Crippen LogP contribution in [-0.4, -0.2) is 35.8 Å². The average molecular weight is 626 g/mol. The smallest absolute Gasteiger partial charge is 0.200 e. The zero-order valence-electron chi connectivity index (χ0n) is 16.3. The molecule has 0 bridgehead atoms. The summed E-state index contributed by atoms with van der Waals surface area (Å²) < 4.78 is 173. The summed E-state index contributed by atoms with van der Waals surface area (Å²) in [7, 11) is 0. The van der Waals surface area contributed by atoms with Gasteiger partial charge in [0.25, 0.3) is 0 Å². The van der Waals surface area contributed by atoms with Crippen LogP contribution in [0.2, 0.25) is 0 Å². The molecule has 0 aromatic heterocycles. The lowest BCUT2D eigenvalue weighted by molar-refractivity contribution is -0.440. The molecule has 0 aliphatic rings. The molecule has 0 fully saturated rings. The van der Waals surface area contributed by atoms with E-state index in [0.29, 0.717) is 0 Å². The van der Waals surface area contributed by atoms with Gasteiger partial charge in [-0.05, 0) is 11.1 Å². The Balaban J connectivity index is 2.64. The summed E-state index contributed by atoms with van der Waals surface area (Å²) >= 11 is 1.18. The molecule has 0 atom stereocenters. The lowest BCUT2D eigenvalue weighted by Gasteiger charge is -2.42. The van der Waals surface area contributed by atoms with Crippen LogP contribution >= 0.6 is 22.6 Å². The number of hydrogen-bond acceptors (Lipinski definition) is 0. The summed E-state index contributed by atoms with van der Waals surface area (Å²) in [5, 5.41) is 0. The third-order valence-corrected chi connectivity index (χ3v) is 6.55. The molecule has 2 aromatic carbocycles. The van der Waals surface area contributed by atoms with E-state index in [-0.39, 0.29) is 11.1 Å². The molecule has 2 aromatic rings. The van der Waals surface area contributed by atoms with Crippen LogP contribution in [0, 0.1) is 0 Å². The van der Waals surface area contributed by atoms with E-state index in [1.54, 1.807) is 0 Å². The van der Waals surface area contributed by atoms with Gasteiger partial charge in [-0.15, -0.1) is 0 Å². The maximum absolute atomic E-state index is 14.7. The van der Waals surface area contributed by atoms with E-state index in [0.717, 1.165) is 24.3 Å². The first-order valence-electron chi connectivity index (χ1n) is 8.92.